The maximum Gasteiger partial charge on any atom is 0.0861 e. The molecule has 0 saturated heterocycles. The van der Waals surface area contributed by atoms with E-state index in [9.17, 15) is 0 Å². The molecule has 0 radical (unpaired) electrons. The first-order valence-electron chi connectivity index (χ1n) is 9.39. The van der Waals surface area contributed by atoms with Crippen LogP contribution in [0.2, 0.25) is 0 Å². The van der Waals surface area contributed by atoms with Gasteiger partial charge in [0.2, 0.25) is 0 Å². The number of ether oxygens (including phenoxy) is 1. The predicted octanol–water partition coefficient (Wildman–Crippen LogP) is 6.90. The molecule has 2 rings (SSSR count). The third-order valence-corrected chi connectivity index (χ3v) is 6.53. The third kappa shape index (κ3) is 7.52. The molecular formula is C20H32Cl2O. The molecule has 0 spiro atoms. The Labute approximate surface area is 152 Å². The van der Waals surface area contributed by atoms with Gasteiger partial charge in [-0.3, -0.25) is 0 Å². The molecule has 0 unspecified atom stereocenters. The van der Waals surface area contributed by atoms with Crippen LogP contribution < -0.4 is 0 Å². The standard InChI is InChI=1S/C20H32Cl2O/c21-15-19-9-5-17(6-10-19)3-1-13-23-14-2-4-18-7-11-20(16-22)12-8-18/h1-2,13-14,17-20H,3-12,15-16H2. The van der Waals surface area contributed by atoms with Crippen molar-refractivity contribution in [3.63, 3.8) is 0 Å². The molecule has 2 aliphatic rings. The maximum absolute atomic E-state index is 5.93. The smallest absolute Gasteiger partial charge is 0.0861 e. The summed E-state index contributed by atoms with van der Waals surface area (Å²) in [5, 5.41) is 0. The zero-order valence-electron chi connectivity index (χ0n) is 14.3. The zero-order chi connectivity index (χ0) is 16.3. The Morgan fingerprint density at radius 2 is 0.957 bits per heavy atom. The van der Waals surface area contributed by atoms with Gasteiger partial charge in [-0.2, -0.15) is 0 Å². The summed E-state index contributed by atoms with van der Waals surface area (Å²) in [6.45, 7) is 0. The molecule has 2 saturated carbocycles. The van der Waals surface area contributed by atoms with E-state index in [4.69, 9.17) is 27.9 Å². The fourth-order valence-corrected chi connectivity index (χ4v) is 4.51. The minimum absolute atomic E-state index is 0.760. The summed E-state index contributed by atoms with van der Waals surface area (Å²) in [5.74, 6) is 4.85. The normalized spacial score (nSPS) is 32.6. The molecule has 0 aliphatic heterocycles. The van der Waals surface area contributed by atoms with E-state index < -0.39 is 0 Å². The zero-order valence-corrected chi connectivity index (χ0v) is 15.8. The second-order valence-electron chi connectivity index (χ2n) is 7.43. The van der Waals surface area contributed by atoms with Gasteiger partial charge >= 0.3 is 0 Å². The van der Waals surface area contributed by atoms with Gasteiger partial charge in [-0.05, 0) is 100 Å². The van der Waals surface area contributed by atoms with Crippen LogP contribution in [0.25, 0.3) is 0 Å². The van der Waals surface area contributed by atoms with E-state index in [1.807, 2.05) is 12.5 Å². The number of hydrogen-bond donors (Lipinski definition) is 0. The van der Waals surface area contributed by atoms with E-state index in [2.05, 4.69) is 12.2 Å². The van der Waals surface area contributed by atoms with Crippen molar-refractivity contribution in [2.24, 2.45) is 23.7 Å². The summed E-state index contributed by atoms with van der Waals surface area (Å²) in [6, 6.07) is 0. The molecule has 1 nitrogen and oxygen atoms in total. The summed E-state index contributed by atoms with van der Waals surface area (Å²) < 4.78 is 5.50. The fraction of sp³-hybridized carbons (Fsp3) is 0.800. The molecule has 3 heteroatoms. The Morgan fingerprint density at radius 3 is 1.30 bits per heavy atom. The summed E-state index contributed by atoms with van der Waals surface area (Å²) in [4.78, 5) is 0. The van der Waals surface area contributed by atoms with E-state index in [1.54, 1.807) is 0 Å². The Hall–Kier alpha value is -0.140. The lowest BCUT2D eigenvalue weighted by Crippen LogP contribution is -2.15. The van der Waals surface area contributed by atoms with Crippen molar-refractivity contribution in [1.82, 2.24) is 0 Å². The van der Waals surface area contributed by atoms with Crippen LogP contribution in [0.3, 0.4) is 0 Å². The second kappa shape index (κ2) is 11.4. The topological polar surface area (TPSA) is 9.23 Å². The van der Waals surface area contributed by atoms with Crippen LogP contribution in [-0.4, -0.2) is 11.8 Å². The van der Waals surface area contributed by atoms with Crippen LogP contribution in [0.15, 0.2) is 24.7 Å². The van der Waals surface area contributed by atoms with Gasteiger partial charge in [0.1, 0.15) is 0 Å². The molecule has 0 bridgehead atoms. The van der Waals surface area contributed by atoms with Crippen LogP contribution in [0.4, 0.5) is 0 Å². The lowest BCUT2D eigenvalue weighted by Gasteiger charge is -2.26. The van der Waals surface area contributed by atoms with Crippen molar-refractivity contribution in [3.8, 4) is 0 Å². The molecule has 0 aromatic rings. The molecule has 0 atom stereocenters. The van der Waals surface area contributed by atoms with Gasteiger partial charge in [0.25, 0.3) is 0 Å². The molecule has 0 aromatic heterocycles. The summed E-state index contributed by atoms with van der Waals surface area (Å²) >= 11 is 11.9. The number of hydrogen-bond acceptors (Lipinski definition) is 1. The molecule has 0 heterocycles. The van der Waals surface area contributed by atoms with Crippen LogP contribution in [0.1, 0.15) is 64.2 Å². The van der Waals surface area contributed by atoms with Crippen molar-refractivity contribution in [3.05, 3.63) is 24.7 Å². The highest BCUT2D eigenvalue weighted by molar-refractivity contribution is 6.18. The van der Waals surface area contributed by atoms with Gasteiger partial charge in [0.05, 0.1) is 12.5 Å². The molecule has 132 valence electrons. The molecule has 0 N–H and O–H groups in total. The summed E-state index contributed by atoms with van der Waals surface area (Å²) in [5.41, 5.74) is 0. The number of allylic oxidation sites excluding steroid dienone is 2. The second-order valence-corrected chi connectivity index (χ2v) is 8.05. The van der Waals surface area contributed by atoms with Crippen molar-refractivity contribution in [2.45, 2.75) is 64.2 Å². The minimum atomic E-state index is 0.760. The maximum atomic E-state index is 5.93. The Morgan fingerprint density at radius 1 is 0.609 bits per heavy atom. The van der Waals surface area contributed by atoms with Gasteiger partial charge in [-0.15, -0.1) is 23.2 Å². The minimum Gasteiger partial charge on any atom is -0.473 e. The SMILES string of the molecule is ClCC1CCC(CC=COC=CCC2CCC(CCl)CC2)CC1. The van der Waals surface area contributed by atoms with Gasteiger partial charge in [0, 0.05) is 11.8 Å². The number of alkyl halides is 2. The average molecular weight is 359 g/mol. The molecule has 0 aromatic carbocycles. The van der Waals surface area contributed by atoms with Crippen LogP contribution >= 0.6 is 23.2 Å². The van der Waals surface area contributed by atoms with Gasteiger partial charge in [-0.1, -0.05) is 0 Å². The first-order valence-corrected chi connectivity index (χ1v) is 10.5. The molecule has 23 heavy (non-hydrogen) atoms. The third-order valence-electron chi connectivity index (χ3n) is 5.66. The van der Waals surface area contributed by atoms with Crippen molar-refractivity contribution < 1.29 is 4.74 Å². The number of halogens is 2. The average Bonchev–Trinajstić information content (AvgIpc) is 2.62. The highest BCUT2D eigenvalue weighted by atomic mass is 35.5. The van der Waals surface area contributed by atoms with Crippen molar-refractivity contribution in [2.75, 3.05) is 11.8 Å². The fourth-order valence-electron chi connectivity index (χ4n) is 3.90. The lowest BCUT2D eigenvalue weighted by atomic mass is 9.81. The van der Waals surface area contributed by atoms with E-state index in [0.29, 0.717) is 0 Å². The summed E-state index contributed by atoms with van der Waals surface area (Å²) in [6.07, 6.45) is 20.9. The molecule has 0 amide bonds. The quantitative estimate of drug-likeness (QED) is 0.338. The summed E-state index contributed by atoms with van der Waals surface area (Å²) in [7, 11) is 0. The van der Waals surface area contributed by atoms with Crippen LogP contribution in [0.5, 0.6) is 0 Å². The highest BCUT2D eigenvalue weighted by Crippen LogP contribution is 2.32. The van der Waals surface area contributed by atoms with Gasteiger partial charge in [0.15, 0.2) is 0 Å². The first kappa shape index (κ1) is 19.2. The Bertz CT molecular complexity index is 317. The van der Waals surface area contributed by atoms with Crippen molar-refractivity contribution >= 4 is 23.2 Å². The molecule has 2 fully saturated rings. The largest absolute Gasteiger partial charge is 0.473 e. The van der Waals surface area contributed by atoms with E-state index in [-0.39, 0.29) is 0 Å². The first-order chi connectivity index (χ1) is 11.3. The van der Waals surface area contributed by atoms with E-state index >= 15 is 0 Å². The Balaban J connectivity index is 1.50. The van der Waals surface area contributed by atoms with E-state index in [1.165, 1.54) is 51.4 Å². The predicted molar refractivity (Wildman–Crippen MR) is 101 cm³/mol. The molecule has 2 aliphatic carbocycles. The van der Waals surface area contributed by atoms with Gasteiger partial charge in [-0.25, -0.2) is 0 Å². The highest BCUT2D eigenvalue weighted by Gasteiger charge is 2.20. The van der Waals surface area contributed by atoms with Crippen molar-refractivity contribution in [1.29, 1.82) is 0 Å². The van der Waals surface area contributed by atoms with E-state index in [0.717, 1.165) is 48.3 Å². The molecular weight excluding hydrogens is 327 g/mol. The Kier molecular flexibility index (Phi) is 9.53. The monoisotopic (exact) mass is 358 g/mol. The van der Waals surface area contributed by atoms with Crippen LogP contribution in [0, 0.1) is 23.7 Å². The van der Waals surface area contributed by atoms with Crippen LogP contribution in [-0.2, 0) is 4.74 Å². The lowest BCUT2D eigenvalue weighted by molar-refractivity contribution is 0.290. The van der Waals surface area contributed by atoms with Gasteiger partial charge < -0.3 is 4.74 Å². The number of rotatable bonds is 8.